The molecular weight excluding hydrogens is 162 g/mol. The Kier molecular flexibility index (Phi) is 12.3. The normalized spacial score (nSPS) is 7.92. The number of aromatic nitrogens is 3. The average molecular weight is 183 g/mol. The molecule has 0 saturated heterocycles. The Bertz CT molecular complexity index is 173. The molecule has 0 saturated carbocycles. The summed E-state index contributed by atoms with van der Waals surface area (Å²) in [6.45, 7) is 12.2. The summed E-state index contributed by atoms with van der Waals surface area (Å²) in [4.78, 5) is 0. The first-order valence-electron chi connectivity index (χ1n) is 4.94. The largest absolute Gasteiger partial charge is 0.138 e. The van der Waals surface area contributed by atoms with E-state index in [-0.39, 0.29) is 0 Å². The summed E-state index contributed by atoms with van der Waals surface area (Å²) >= 11 is 0. The number of hydrogen-bond acceptors (Lipinski definition) is 3. The number of hydrogen-bond donors (Lipinski definition) is 0. The first kappa shape index (κ1) is 14.5. The molecule has 0 aliphatic carbocycles. The maximum Gasteiger partial charge on any atom is 0.0564 e. The third-order valence-corrected chi connectivity index (χ3v) is 1.18. The van der Waals surface area contributed by atoms with E-state index in [1.54, 1.807) is 12.4 Å². The highest BCUT2D eigenvalue weighted by Crippen LogP contribution is 2.08. The molecule has 1 aromatic heterocycles. The fourth-order valence-corrected chi connectivity index (χ4v) is 0.546. The highest BCUT2D eigenvalue weighted by atomic mass is 15.3. The molecule has 0 amide bonds. The lowest BCUT2D eigenvalue weighted by molar-refractivity contribution is 0.786. The topological polar surface area (TPSA) is 38.7 Å². The Balaban J connectivity index is 0. The molecule has 3 heteroatoms. The van der Waals surface area contributed by atoms with Crippen LogP contribution in [0.4, 0.5) is 0 Å². The van der Waals surface area contributed by atoms with Crippen molar-refractivity contribution in [3.05, 3.63) is 18.0 Å². The van der Waals surface area contributed by atoms with E-state index >= 15 is 0 Å². The molecule has 0 radical (unpaired) electrons. The molecule has 0 aliphatic rings. The summed E-state index contributed by atoms with van der Waals surface area (Å²) in [5.41, 5.74) is 1.13. The smallest absolute Gasteiger partial charge is 0.0564 e. The highest BCUT2D eigenvalue weighted by molar-refractivity contribution is 5.05. The van der Waals surface area contributed by atoms with E-state index in [2.05, 4.69) is 29.3 Å². The van der Waals surface area contributed by atoms with E-state index in [0.717, 1.165) is 5.56 Å². The van der Waals surface area contributed by atoms with Crippen LogP contribution in [-0.2, 0) is 0 Å². The van der Waals surface area contributed by atoms with Crippen molar-refractivity contribution < 1.29 is 0 Å². The van der Waals surface area contributed by atoms with Gasteiger partial charge in [0.25, 0.3) is 0 Å². The standard InChI is InChI=1S/C6H9N3.2C2H6/c1-5(2)6-3-7-9-8-4-6;2*1-2/h3-5H,1-2H3;2*1-2H3. The molecule has 0 fully saturated rings. The van der Waals surface area contributed by atoms with Crippen LogP contribution in [0.3, 0.4) is 0 Å². The van der Waals surface area contributed by atoms with Gasteiger partial charge >= 0.3 is 0 Å². The lowest BCUT2D eigenvalue weighted by atomic mass is 10.1. The summed E-state index contributed by atoms with van der Waals surface area (Å²) in [5, 5.41) is 10.7. The Morgan fingerprint density at radius 2 is 1.31 bits per heavy atom. The minimum Gasteiger partial charge on any atom is -0.138 e. The van der Waals surface area contributed by atoms with E-state index in [9.17, 15) is 0 Å². The molecule has 0 N–H and O–H groups in total. The molecule has 1 heterocycles. The Hall–Kier alpha value is -0.990. The van der Waals surface area contributed by atoms with Crippen molar-refractivity contribution in [1.82, 2.24) is 15.4 Å². The SMILES string of the molecule is CC.CC.CC(C)c1cnnnc1. The van der Waals surface area contributed by atoms with Gasteiger partial charge in [0.15, 0.2) is 0 Å². The molecular formula is C10H21N3. The molecule has 0 unspecified atom stereocenters. The van der Waals surface area contributed by atoms with Gasteiger partial charge in [-0.25, -0.2) is 0 Å². The third-order valence-electron chi connectivity index (χ3n) is 1.18. The third kappa shape index (κ3) is 7.37. The zero-order valence-electron chi connectivity index (χ0n) is 9.57. The van der Waals surface area contributed by atoms with Crippen LogP contribution in [0.5, 0.6) is 0 Å². The molecule has 0 bridgehead atoms. The van der Waals surface area contributed by atoms with E-state index < -0.39 is 0 Å². The van der Waals surface area contributed by atoms with Crippen LogP contribution in [0.25, 0.3) is 0 Å². The molecule has 3 nitrogen and oxygen atoms in total. The van der Waals surface area contributed by atoms with Gasteiger partial charge in [0.2, 0.25) is 0 Å². The van der Waals surface area contributed by atoms with Crippen LogP contribution >= 0.6 is 0 Å². The molecule has 0 spiro atoms. The Morgan fingerprint density at radius 3 is 1.54 bits per heavy atom. The van der Waals surface area contributed by atoms with Crippen molar-refractivity contribution in [2.24, 2.45) is 0 Å². The van der Waals surface area contributed by atoms with Crippen molar-refractivity contribution >= 4 is 0 Å². The van der Waals surface area contributed by atoms with Crippen LogP contribution < -0.4 is 0 Å². The molecule has 1 aromatic rings. The summed E-state index contributed by atoms with van der Waals surface area (Å²) in [6, 6.07) is 0. The second-order valence-electron chi connectivity index (χ2n) is 2.23. The molecule has 76 valence electrons. The fraction of sp³-hybridized carbons (Fsp3) is 0.700. The summed E-state index contributed by atoms with van der Waals surface area (Å²) in [5.74, 6) is 0.494. The van der Waals surface area contributed by atoms with Crippen molar-refractivity contribution in [3.8, 4) is 0 Å². The quantitative estimate of drug-likeness (QED) is 0.671. The zero-order chi connectivity index (χ0) is 10.7. The first-order chi connectivity index (χ1) is 6.30. The van der Waals surface area contributed by atoms with Crippen LogP contribution in [0.2, 0.25) is 0 Å². The van der Waals surface area contributed by atoms with Gasteiger partial charge in [-0.3, -0.25) is 0 Å². The second kappa shape index (κ2) is 11.0. The van der Waals surface area contributed by atoms with Gasteiger partial charge < -0.3 is 0 Å². The molecule has 1 rings (SSSR count). The van der Waals surface area contributed by atoms with Gasteiger partial charge in [-0.2, -0.15) is 0 Å². The number of rotatable bonds is 1. The fourth-order valence-electron chi connectivity index (χ4n) is 0.546. The highest BCUT2D eigenvalue weighted by Gasteiger charge is 1.96. The van der Waals surface area contributed by atoms with Crippen molar-refractivity contribution in [2.75, 3.05) is 0 Å². The monoisotopic (exact) mass is 183 g/mol. The molecule has 13 heavy (non-hydrogen) atoms. The zero-order valence-corrected chi connectivity index (χ0v) is 9.57. The minimum absolute atomic E-state index is 0.494. The van der Waals surface area contributed by atoms with Gasteiger partial charge in [-0.05, 0) is 16.7 Å². The Labute approximate surface area is 81.6 Å². The van der Waals surface area contributed by atoms with E-state index in [1.807, 2.05) is 27.7 Å². The first-order valence-corrected chi connectivity index (χ1v) is 4.94. The van der Waals surface area contributed by atoms with Crippen LogP contribution in [-0.4, -0.2) is 15.4 Å². The maximum atomic E-state index is 3.64. The van der Waals surface area contributed by atoms with Gasteiger partial charge in [-0.1, -0.05) is 41.5 Å². The van der Waals surface area contributed by atoms with Crippen molar-refractivity contribution in [1.29, 1.82) is 0 Å². The maximum absolute atomic E-state index is 3.64. The van der Waals surface area contributed by atoms with Gasteiger partial charge in [0, 0.05) is 0 Å². The molecule has 0 atom stereocenters. The van der Waals surface area contributed by atoms with Gasteiger partial charge in [0.1, 0.15) is 0 Å². The predicted octanol–water partition coefficient (Wildman–Crippen LogP) is 3.05. The lowest BCUT2D eigenvalue weighted by Gasteiger charge is -1.99. The second-order valence-corrected chi connectivity index (χ2v) is 2.23. The van der Waals surface area contributed by atoms with Gasteiger partial charge in [-0.15, -0.1) is 10.2 Å². The van der Waals surface area contributed by atoms with E-state index in [0.29, 0.717) is 5.92 Å². The summed E-state index contributed by atoms with van der Waals surface area (Å²) in [6.07, 6.45) is 3.47. The van der Waals surface area contributed by atoms with Crippen molar-refractivity contribution in [3.63, 3.8) is 0 Å². The minimum atomic E-state index is 0.494. The molecule has 0 aliphatic heterocycles. The lowest BCUT2D eigenvalue weighted by Crippen LogP contribution is -1.92. The summed E-state index contributed by atoms with van der Waals surface area (Å²) in [7, 11) is 0. The summed E-state index contributed by atoms with van der Waals surface area (Å²) < 4.78 is 0. The van der Waals surface area contributed by atoms with Crippen LogP contribution in [0, 0.1) is 0 Å². The Morgan fingerprint density at radius 1 is 0.923 bits per heavy atom. The number of nitrogens with zero attached hydrogens (tertiary/aromatic N) is 3. The average Bonchev–Trinajstić information content (AvgIpc) is 2.25. The van der Waals surface area contributed by atoms with Crippen LogP contribution in [0.15, 0.2) is 12.4 Å². The molecule has 0 aromatic carbocycles. The van der Waals surface area contributed by atoms with Crippen LogP contribution in [0.1, 0.15) is 53.0 Å². The van der Waals surface area contributed by atoms with E-state index in [4.69, 9.17) is 0 Å². The van der Waals surface area contributed by atoms with E-state index in [1.165, 1.54) is 0 Å². The van der Waals surface area contributed by atoms with Gasteiger partial charge in [0.05, 0.1) is 12.4 Å². The predicted molar refractivity (Wildman–Crippen MR) is 56.6 cm³/mol. The van der Waals surface area contributed by atoms with Crippen molar-refractivity contribution in [2.45, 2.75) is 47.5 Å².